The van der Waals surface area contributed by atoms with Crippen LogP contribution in [-0.2, 0) is 19.1 Å². The minimum Gasteiger partial charge on any atom is -0.465 e. The molecule has 0 aliphatic carbocycles. The van der Waals surface area contributed by atoms with Crippen LogP contribution in [-0.4, -0.2) is 65.2 Å². The molecule has 0 fully saturated rings. The van der Waals surface area contributed by atoms with Gasteiger partial charge in [-0.15, -0.1) is 0 Å². The molecule has 0 aromatic heterocycles. The quantitative estimate of drug-likeness (QED) is 0.253. The molecule has 25 heavy (non-hydrogen) atoms. The van der Waals surface area contributed by atoms with Gasteiger partial charge in [-0.3, -0.25) is 0 Å². The first-order valence-electron chi connectivity index (χ1n) is 8.77. The summed E-state index contributed by atoms with van der Waals surface area (Å²) in [5, 5.41) is 0.493. The Morgan fingerprint density at radius 2 is 1.28 bits per heavy atom. The fourth-order valence-corrected chi connectivity index (χ4v) is 18.9. The predicted molar refractivity (Wildman–Crippen MR) is 113 cm³/mol. The molecule has 0 aromatic carbocycles. The molecule has 0 heterocycles. The van der Waals surface area contributed by atoms with Crippen molar-refractivity contribution in [1.82, 2.24) is 4.90 Å². The van der Waals surface area contributed by atoms with Gasteiger partial charge >= 0.3 is 11.9 Å². The van der Waals surface area contributed by atoms with Gasteiger partial charge in [-0.2, -0.15) is 0 Å². The summed E-state index contributed by atoms with van der Waals surface area (Å²) in [6.07, 6.45) is 0. The van der Waals surface area contributed by atoms with Crippen LogP contribution in [0.3, 0.4) is 0 Å². The van der Waals surface area contributed by atoms with Crippen LogP contribution in [0, 0.1) is 0 Å². The van der Waals surface area contributed by atoms with E-state index in [0.29, 0.717) is 29.0 Å². The molecule has 0 amide bonds. The van der Waals surface area contributed by atoms with Gasteiger partial charge in [0, 0.05) is 29.2 Å². The lowest BCUT2D eigenvalue weighted by atomic mass is 10.3. The van der Waals surface area contributed by atoms with Gasteiger partial charge in [0.25, 0.3) is 0 Å². The van der Waals surface area contributed by atoms with E-state index in [1.54, 1.807) is 0 Å². The largest absolute Gasteiger partial charge is 0.465 e. The summed E-state index contributed by atoms with van der Waals surface area (Å²) in [5.41, 5.74) is 0.374. The number of ether oxygens (including phenoxy) is 2. The second kappa shape index (κ2) is 9.88. The van der Waals surface area contributed by atoms with Crippen LogP contribution in [0.2, 0.25) is 39.3 Å². The highest BCUT2D eigenvalue weighted by molar-refractivity contribution is 7.54. The SMILES string of the molecule is CCN(CC)/C(C(=O)OC)=C(/PC([Si](C)(C)C)[Si](C)(C)C)C(=O)OC. The Labute approximate surface area is 157 Å². The van der Waals surface area contributed by atoms with Crippen LogP contribution < -0.4 is 0 Å². The van der Waals surface area contributed by atoms with Crippen LogP contribution in [0.15, 0.2) is 11.0 Å². The van der Waals surface area contributed by atoms with Crippen molar-refractivity contribution in [2.45, 2.75) is 58.0 Å². The standard InChI is InChI=1S/C17H36NO4PSi2/c1-11-18(12-2)13(15(19)21-3)14(16(20)22-4)23-17(24(5,6)7)25(8,9)10/h17,23H,11-12H2,1-10H3/b14-13+. The van der Waals surface area contributed by atoms with Gasteiger partial charge in [0.05, 0.1) is 19.5 Å². The summed E-state index contributed by atoms with van der Waals surface area (Å²) in [6, 6.07) is 0. The van der Waals surface area contributed by atoms with E-state index < -0.39 is 28.1 Å². The van der Waals surface area contributed by atoms with E-state index in [1.165, 1.54) is 14.2 Å². The zero-order valence-electron chi connectivity index (χ0n) is 17.6. The lowest BCUT2D eigenvalue weighted by Gasteiger charge is -2.39. The molecule has 0 aliphatic heterocycles. The van der Waals surface area contributed by atoms with Gasteiger partial charge in [0.1, 0.15) is 5.70 Å². The van der Waals surface area contributed by atoms with E-state index in [1.807, 2.05) is 18.7 Å². The molecule has 0 radical (unpaired) electrons. The molecule has 0 bridgehead atoms. The molecule has 1 unspecified atom stereocenters. The molecule has 0 N–H and O–H groups in total. The Morgan fingerprint density at radius 1 is 0.880 bits per heavy atom. The van der Waals surface area contributed by atoms with E-state index in [-0.39, 0.29) is 8.58 Å². The molecule has 5 nitrogen and oxygen atoms in total. The Bertz CT molecular complexity index is 492. The molecule has 146 valence electrons. The molecule has 8 heteroatoms. The predicted octanol–water partition coefficient (Wildman–Crippen LogP) is 3.69. The second-order valence-electron chi connectivity index (χ2n) is 8.19. The Hall–Kier alpha value is -0.656. The fraction of sp³-hybridized carbons (Fsp3) is 0.765. The van der Waals surface area contributed by atoms with Gasteiger partial charge < -0.3 is 14.4 Å². The molecule has 0 saturated carbocycles. The molecule has 1 atom stereocenters. The summed E-state index contributed by atoms with van der Waals surface area (Å²) in [4.78, 5) is 27.5. The molecular formula is C17H36NO4PSi2. The summed E-state index contributed by atoms with van der Waals surface area (Å²) in [7, 11) is -0.0541. The molecular weight excluding hydrogens is 369 g/mol. The first kappa shape index (κ1) is 24.3. The highest BCUT2D eigenvalue weighted by Crippen LogP contribution is 2.43. The molecule has 0 spiro atoms. The highest BCUT2D eigenvalue weighted by Gasteiger charge is 2.40. The van der Waals surface area contributed by atoms with Crippen molar-refractivity contribution >= 4 is 36.7 Å². The monoisotopic (exact) mass is 405 g/mol. The maximum atomic E-state index is 12.6. The number of hydrogen-bond acceptors (Lipinski definition) is 5. The normalized spacial score (nSPS) is 13.9. The number of esters is 2. The van der Waals surface area contributed by atoms with Crippen molar-refractivity contribution in [3.8, 4) is 0 Å². The van der Waals surface area contributed by atoms with E-state index in [4.69, 9.17) is 9.47 Å². The summed E-state index contributed by atoms with van der Waals surface area (Å²) < 4.78 is 10.1. The smallest absolute Gasteiger partial charge is 0.355 e. The number of methoxy groups -OCH3 is 2. The molecule has 0 aromatic rings. The summed E-state index contributed by atoms with van der Waals surface area (Å²) >= 11 is 0. The maximum Gasteiger partial charge on any atom is 0.355 e. The summed E-state index contributed by atoms with van der Waals surface area (Å²) in [6.45, 7) is 19.3. The Balaban J connectivity index is 6.44. The lowest BCUT2D eigenvalue weighted by Crippen LogP contribution is -2.51. The summed E-state index contributed by atoms with van der Waals surface area (Å²) in [5.74, 6) is -0.867. The molecule has 0 rings (SSSR count). The first-order valence-corrected chi connectivity index (χ1v) is 17.0. The number of nitrogens with zero attached hydrogens (tertiary/aromatic N) is 1. The van der Waals surface area contributed by atoms with E-state index >= 15 is 0 Å². The van der Waals surface area contributed by atoms with Crippen LogP contribution in [0.5, 0.6) is 0 Å². The topological polar surface area (TPSA) is 55.8 Å². The van der Waals surface area contributed by atoms with Crippen LogP contribution in [0.25, 0.3) is 0 Å². The van der Waals surface area contributed by atoms with Gasteiger partial charge in [-0.1, -0.05) is 47.9 Å². The fourth-order valence-electron chi connectivity index (χ4n) is 3.23. The van der Waals surface area contributed by atoms with Gasteiger partial charge in [0.2, 0.25) is 0 Å². The van der Waals surface area contributed by atoms with Crippen molar-refractivity contribution in [3.63, 3.8) is 0 Å². The van der Waals surface area contributed by atoms with Crippen molar-refractivity contribution in [3.05, 3.63) is 11.0 Å². The van der Waals surface area contributed by atoms with Crippen molar-refractivity contribution in [1.29, 1.82) is 0 Å². The van der Waals surface area contributed by atoms with Crippen LogP contribution >= 0.6 is 8.58 Å². The number of carbonyl (C=O) groups excluding carboxylic acids is 2. The van der Waals surface area contributed by atoms with E-state index in [0.717, 1.165) is 0 Å². The Morgan fingerprint density at radius 3 is 1.56 bits per heavy atom. The zero-order valence-corrected chi connectivity index (χ0v) is 20.6. The van der Waals surface area contributed by atoms with E-state index in [2.05, 4.69) is 39.3 Å². The van der Waals surface area contributed by atoms with Gasteiger partial charge in [-0.05, 0) is 18.8 Å². The number of likely N-dealkylation sites (N-methyl/N-ethyl adjacent to an activating group) is 1. The average molecular weight is 406 g/mol. The second-order valence-corrected chi connectivity index (χ2v) is 21.9. The third-order valence-electron chi connectivity index (χ3n) is 4.11. The molecule has 0 aliphatic rings. The minimum absolute atomic E-state index is 0.265. The third kappa shape index (κ3) is 6.87. The minimum atomic E-state index is -1.53. The van der Waals surface area contributed by atoms with Crippen molar-refractivity contribution < 1.29 is 19.1 Å². The van der Waals surface area contributed by atoms with Crippen LogP contribution in [0.4, 0.5) is 0 Å². The van der Waals surface area contributed by atoms with Crippen molar-refractivity contribution in [2.24, 2.45) is 0 Å². The molecule has 0 saturated heterocycles. The third-order valence-corrected chi connectivity index (χ3v) is 19.8. The number of hydrogen-bond donors (Lipinski definition) is 0. The van der Waals surface area contributed by atoms with Gasteiger partial charge in [-0.25, -0.2) is 9.59 Å². The maximum absolute atomic E-state index is 12.6. The van der Waals surface area contributed by atoms with E-state index in [9.17, 15) is 9.59 Å². The van der Waals surface area contributed by atoms with Crippen molar-refractivity contribution in [2.75, 3.05) is 27.3 Å². The zero-order chi connectivity index (χ0) is 20.0. The van der Waals surface area contributed by atoms with Crippen LogP contribution in [0.1, 0.15) is 13.8 Å². The first-order chi connectivity index (χ1) is 11.3. The lowest BCUT2D eigenvalue weighted by molar-refractivity contribution is -0.140. The van der Waals surface area contributed by atoms with Gasteiger partial charge in [0.15, 0.2) is 0 Å². The number of carbonyl (C=O) groups is 2. The number of rotatable bonds is 9. The highest BCUT2D eigenvalue weighted by atomic mass is 31.1. The average Bonchev–Trinajstić information content (AvgIpc) is 2.50. The Kier molecular flexibility index (Phi) is 9.62.